The van der Waals surface area contributed by atoms with Crippen LogP contribution in [0.5, 0.6) is 0 Å². The van der Waals surface area contributed by atoms with Crippen molar-refractivity contribution in [3.8, 4) is 6.07 Å². The molecule has 0 saturated carbocycles. The highest BCUT2D eigenvalue weighted by Crippen LogP contribution is 2.26. The summed E-state index contributed by atoms with van der Waals surface area (Å²) in [6, 6.07) is 6.15. The summed E-state index contributed by atoms with van der Waals surface area (Å²) in [5.41, 5.74) is 6.27. The third kappa shape index (κ3) is 4.70. The van der Waals surface area contributed by atoms with Crippen molar-refractivity contribution in [3.63, 3.8) is 0 Å². The van der Waals surface area contributed by atoms with Gasteiger partial charge in [0.2, 0.25) is 0 Å². The minimum absolute atomic E-state index is 0.0172. The van der Waals surface area contributed by atoms with Gasteiger partial charge in [-0.25, -0.2) is 0 Å². The smallest absolute Gasteiger partial charge is 0.122 e. The lowest BCUT2D eigenvalue weighted by Crippen LogP contribution is -2.42. The molecule has 0 saturated heterocycles. The monoisotopic (exact) mass is 263 g/mol. The molecule has 1 aromatic heterocycles. The number of rotatable bonds is 8. The van der Waals surface area contributed by atoms with E-state index in [0.29, 0.717) is 12.3 Å². The zero-order valence-corrected chi connectivity index (χ0v) is 12.2. The molecule has 1 heterocycles. The number of furan rings is 1. The molecule has 0 amide bonds. The first-order chi connectivity index (χ1) is 9.10. The zero-order chi connectivity index (χ0) is 14.3. The first kappa shape index (κ1) is 15.7. The van der Waals surface area contributed by atoms with Gasteiger partial charge < -0.3 is 10.2 Å². The van der Waals surface area contributed by atoms with Crippen molar-refractivity contribution in [3.05, 3.63) is 24.2 Å². The fourth-order valence-corrected chi connectivity index (χ4v) is 2.35. The molecule has 0 aliphatic heterocycles. The third-order valence-electron chi connectivity index (χ3n) is 3.22. The quantitative estimate of drug-likeness (QED) is 0.783. The van der Waals surface area contributed by atoms with Crippen LogP contribution in [-0.4, -0.2) is 24.0 Å². The summed E-state index contributed by atoms with van der Waals surface area (Å²) < 4.78 is 5.56. The lowest BCUT2D eigenvalue weighted by atomic mass is 10.0. The molecular weight excluding hydrogens is 238 g/mol. The second kappa shape index (κ2) is 7.98. The van der Waals surface area contributed by atoms with E-state index in [1.54, 1.807) is 6.26 Å². The average molecular weight is 263 g/mol. The molecule has 1 aromatic rings. The second-order valence-corrected chi connectivity index (χ2v) is 5.33. The van der Waals surface area contributed by atoms with Gasteiger partial charge in [0.1, 0.15) is 5.76 Å². The normalized spacial score (nSPS) is 14.6. The molecule has 19 heavy (non-hydrogen) atoms. The highest BCUT2D eigenvalue weighted by molar-refractivity contribution is 5.08. The molecule has 0 radical (unpaired) electrons. The van der Waals surface area contributed by atoms with Gasteiger partial charge in [-0.3, -0.25) is 4.90 Å². The summed E-state index contributed by atoms with van der Waals surface area (Å²) in [5, 5.41) is 8.83. The standard InChI is InChI=1S/C15H25N3O/c1-4-13(17)15(14-7-5-10-19-14)18(9-6-8-16)11-12(2)3/h5,7,10,12-13,15H,4,6,9,11,17H2,1-3H3. The summed E-state index contributed by atoms with van der Waals surface area (Å²) in [7, 11) is 0. The van der Waals surface area contributed by atoms with Gasteiger partial charge in [0.15, 0.2) is 0 Å². The van der Waals surface area contributed by atoms with E-state index in [1.165, 1.54) is 0 Å². The summed E-state index contributed by atoms with van der Waals surface area (Å²) in [6.45, 7) is 8.08. The van der Waals surface area contributed by atoms with E-state index in [0.717, 1.165) is 25.3 Å². The molecule has 2 atom stereocenters. The molecule has 0 aliphatic rings. The van der Waals surface area contributed by atoms with Gasteiger partial charge in [-0.2, -0.15) is 5.26 Å². The Morgan fingerprint density at radius 3 is 2.68 bits per heavy atom. The lowest BCUT2D eigenvalue weighted by Gasteiger charge is -2.34. The van der Waals surface area contributed by atoms with Crippen LogP contribution in [0.4, 0.5) is 0 Å². The van der Waals surface area contributed by atoms with E-state index in [1.807, 2.05) is 12.1 Å². The molecule has 0 bridgehead atoms. The molecule has 0 spiro atoms. The van der Waals surface area contributed by atoms with E-state index in [2.05, 4.69) is 31.7 Å². The van der Waals surface area contributed by atoms with Gasteiger partial charge in [0, 0.05) is 25.6 Å². The van der Waals surface area contributed by atoms with Gasteiger partial charge in [-0.05, 0) is 24.5 Å². The van der Waals surface area contributed by atoms with E-state index in [4.69, 9.17) is 15.4 Å². The number of nitrogens with zero attached hydrogens (tertiary/aromatic N) is 2. The summed E-state index contributed by atoms with van der Waals surface area (Å²) in [4.78, 5) is 2.28. The van der Waals surface area contributed by atoms with Gasteiger partial charge >= 0.3 is 0 Å². The highest BCUT2D eigenvalue weighted by atomic mass is 16.3. The molecule has 4 heteroatoms. The number of nitriles is 1. The van der Waals surface area contributed by atoms with Crippen LogP contribution >= 0.6 is 0 Å². The summed E-state index contributed by atoms with van der Waals surface area (Å²) in [5.74, 6) is 1.42. The predicted octanol–water partition coefficient (Wildman–Crippen LogP) is 2.93. The third-order valence-corrected chi connectivity index (χ3v) is 3.22. The Hall–Kier alpha value is -1.31. The number of hydrogen-bond acceptors (Lipinski definition) is 4. The van der Waals surface area contributed by atoms with Gasteiger partial charge in [0.25, 0.3) is 0 Å². The maximum Gasteiger partial charge on any atom is 0.122 e. The van der Waals surface area contributed by atoms with Crippen molar-refractivity contribution >= 4 is 0 Å². The molecule has 0 fully saturated rings. The van der Waals surface area contributed by atoms with Crippen molar-refractivity contribution < 1.29 is 4.42 Å². The Labute approximate surface area is 116 Å². The Morgan fingerprint density at radius 2 is 2.21 bits per heavy atom. The minimum Gasteiger partial charge on any atom is -0.468 e. The molecule has 0 aliphatic carbocycles. The van der Waals surface area contributed by atoms with Crippen LogP contribution in [0.3, 0.4) is 0 Å². The Balaban J connectivity index is 2.93. The molecule has 106 valence electrons. The maximum absolute atomic E-state index is 8.83. The van der Waals surface area contributed by atoms with Crippen molar-refractivity contribution in [2.75, 3.05) is 13.1 Å². The summed E-state index contributed by atoms with van der Waals surface area (Å²) in [6.07, 6.45) is 3.08. The zero-order valence-electron chi connectivity index (χ0n) is 12.2. The Bertz CT molecular complexity index is 381. The van der Waals surface area contributed by atoms with Crippen LogP contribution in [0.25, 0.3) is 0 Å². The van der Waals surface area contributed by atoms with E-state index in [-0.39, 0.29) is 12.1 Å². The fourth-order valence-electron chi connectivity index (χ4n) is 2.35. The van der Waals surface area contributed by atoms with Crippen LogP contribution in [0, 0.1) is 17.2 Å². The first-order valence-corrected chi connectivity index (χ1v) is 7.00. The number of nitrogens with two attached hydrogens (primary N) is 1. The van der Waals surface area contributed by atoms with Crippen molar-refractivity contribution in [1.29, 1.82) is 5.26 Å². The SMILES string of the molecule is CCC(N)C(c1ccco1)N(CCC#N)CC(C)C. The van der Waals surface area contributed by atoms with Crippen LogP contribution in [0.2, 0.25) is 0 Å². The minimum atomic E-state index is 0.0172. The maximum atomic E-state index is 8.83. The second-order valence-electron chi connectivity index (χ2n) is 5.33. The average Bonchev–Trinajstić information content (AvgIpc) is 2.88. The van der Waals surface area contributed by atoms with Crippen molar-refractivity contribution in [2.24, 2.45) is 11.7 Å². The molecule has 2 unspecified atom stereocenters. The number of hydrogen-bond donors (Lipinski definition) is 1. The summed E-state index contributed by atoms with van der Waals surface area (Å²) >= 11 is 0. The fraction of sp³-hybridized carbons (Fsp3) is 0.667. The van der Waals surface area contributed by atoms with Gasteiger partial charge in [-0.15, -0.1) is 0 Å². The molecular formula is C15H25N3O. The highest BCUT2D eigenvalue weighted by Gasteiger charge is 2.28. The Kier molecular flexibility index (Phi) is 6.61. The van der Waals surface area contributed by atoms with Gasteiger partial charge in [0.05, 0.1) is 18.4 Å². The van der Waals surface area contributed by atoms with E-state index in [9.17, 15) is 0 Å². The van der Waals surface area contributed by atoms with Crippen LogP contribution in [0.15, 0.2) is 22.8 Å². The largest absolute Gasteiger partial charge is 0.468 e. The van der Waals surface area contributed by atoms with Crippen molar-refractivity contribution in [2.45, 2.75) is 45.7 Å². The van der Waals surface area contributed by atoms with Crippen LogP contribution in [0.1, 0.15) is 45.4 Å². The predicted molar refractivity (Wildman–Crippen MR) is 76.4 cm³/mol. The van der Waals surface area contributed by atoms with E-state index >= 15 is 0 Å². The van der Waals surface area contributed by atoms with Crippen LogP contribution < -0.4 is 5.73 Å². The Morgan fingerprint density at radius 1 is 1.47 bits per heavy atom. The first-order valence-electron chi connectivity index (χ1n) is 7.00. The molecule has 1 rings (SSSR count). The topological polar surface area (TPSA) is 66.2 Å². The van der Waals surface area contributed by atoms with E-state index < -0.39 is 0 Å². The molecule has 0 aromatic carbocycles. The molecule has 2 N–H and O–H groups in total. The van der Waals surface area contributed by atoms with Crippen LogP contribution in [-0.2, 0) is 0 Å². The van der Waals surface area contributed by atoms with Gasteiger partial charge in [-0.1, -0.05) is 20.8 Å². The molecule has 4 nitrogen and oxygen atoms in total. The van der Waals surface area contributed by atoms with Crippen molar-refractivity contribution in [1.82, 2.24) is 4.90 Å². The lowest BCUT2D eigenvalue weighted by molar-refractivity contribution is 0.135.